The van der Waals surface area contributed by atoms with E-state index in [0.29, 0.717) is 22.2 Å². The van der Waals surface area contributed by atoms with Crippen LogP contribution in [0.4, 0.5) is 5.00 Å². The predicted octanol–water partition coefficient (Wildman–Crippen LogP) is 3.47. The van der Waals surface area contributed by atoms with Crippen LogP contribution in [0.25, 0.3) is 0 Å². The Kier molecular flexibility index (Phi) is 5.40. The summed E-state index contributed by atoms with van der Waals surface area (Å²) in [4.78, 5) is 25.9. The van der Waals surface area contributed by atoms with Crippen molar-refractivity contribution in [3.8, 4) is 0 Å². The number of benzene rings is 1. The van der Waals surface area contributed by atoms with Gasteiger partial charge in [-0.1, -0.05) is 32.9 Å². The number of likely N-dealkylation sites (N-methyl/N-ethyl adjacent to an activating group) is 1. The number of rotatable bonds is 4. The quantitative estimate of drug-likeness (QED) is 0.753. The zero-order valence-corrected chi connectivity index (χ0v) is 17.1. The summed E-state index contributed by atoms with van der Waals surface area (Å²) in [5.74, 6) is -0.699. The fourth-order valence-electron chi connectivity index (χ4n) is 3.48. The Morgan fingerprint density at radius 3 is 2.41 bits per heavy atom. The Morgan fingerprint density at radius 2 is 1.85 bits per heavy atom. The van der Waals surface area contributed by atoms with Gasteiger partial charge in [0.15, 0.2) is 0 Å². The summed E-state index contributed by atoms with van der Waals surface area (Å²) in [5.41, 5.74) is 8.88. The van der Waals surface area contributed by atoms with Gasteiger partial charge in [-0.2, -0.15) is 0 Å². The lowest BCUT2D eigenvalue weighted by atomic mass is 9.87. The van der Waals surface area contributed by atoms with Crippen molar-refractivity contribution in [2.75, 3.05) is 12.4 Å². The molecule has 4 N–H and O–H groups in total. The van der Waals surface area contributed by atoms with E-state index in [1.165, 1.54) is 16.9 Å². The monoisotopic (exact) mass is 385 g/mol. The lowest BCUT2D eigenvalue weighted by Crippen LogP contribution is -2.31. The van der Waals surface area contributed by atoms with Crippen LogP contribution in [0.2, 0.25) is 0 Å². The van der Waals surface area contributed by atoms with Gasteiger partial charge in [0.25, 0.3) is 11.8 Å². The Morgan fingerprint density at radius 1 is 1.19 bits per heavy atom. The van der Waals surface area contributed by atoms with Gasteiger partial charge < -0.3 is 16.4 Å². The highest BCUT2D eigenvalue weighted by Crippen LogP contribution is 2.38. The largest absolute Gasteiger partial charge is 0.365 e. The van der Waals surface area contributed by atoms with Crippen LogP contribution in [0.15, 0.2) is 24.3 Å². The van der Waals surface area contributed by atoms with Crippen molar-refractivity contribution in [2.45, 2.75) is 51.5 Å². The van der Waals surface area contributed by atoms with Crippen LogP contribution < -0.4 is 16.4 Å². The van der Waals surface area contributed by atoms with Gasteiger partial charge >= 0.3 is 0 Å². The molecular formula is C21H27N3O2S. The van der Waals surface area contributed by atoms with Crippen LogP contribution in [0.5, 0.6) is 0 Å². The first-order valence-corrected chi connectivity index (χ1v) is 10.1. The van der Waals surface area contributed by atoms with Crippen LogP contribution in [0, 0.1) is 0 Å². The van der Waals surface area contributed by atoms with E-state index in [4.69, 9.17) is 5.73 Å². The predicted molar refractivity (Wildman–Crippen MR) is 111 cm³/mol. The molecule has 144 valence electrons. The van der Waals surface area contributed by atoms with Crippen molar-refractivity contribution in [3.63, 3.8) is 0 Å². The zero-order chi connectivity index (χ0) is 19.8. The van der Waals surface area contributed by atoms with Crippen LogP contribution in [0.1, 0.15) is 63.9 Å². The standard InChI is InChI=1S/C21H27N3O2S/c1-21(2,3)13-7-5-12(6-8-13)19(26)24-20-17(18(22)25)15-10-9-14(23-4)11-16(15)27-20/h5-8,14,23H,9-11H2,1-4H3,(H2,22,25)(H,24,26). The highest BCUT2D eigenvalue weighted by Gasteiger charge is 2.28. The van der Waals surface area contributed by atoms with Crippen molar-refractivity contribution in [1.82, 2.24) is 5.32 Å². The molecule has 0 bridgehead atoms. The fraction of sp³-hybridized carbons (Fsp3) is 0.429. The number of anilines is 1. The number of nitrogens with one attached hydrogen (secondary N) is 2. The number of thiophene rings is 1. The number of nitrogens with two attached hydrogens (primary N) is 1. The lowest BCUT2D eigenvalue weighted by Gasteiger charge is -2.21. The maximum Gasteiger partial charge on any atom is 0.256 e. The fourth-order valence-corrected chi connectivity index (χ4v) is 4.81. The van der Waals surface area contributed by atoms with Gasteiger partial charge in [-0.15, -0.1) is 11.3 Å². The summed E-state index contributed by atoms with van der Waals surface area (Å²) >= 11 is 1.47. The van der Waals surface area contributed by atoms with E-state index < -0.39 is 5.91 Å². The van der Waals surface area contributed by atoms with Crippen LogP contribution in [-0.2, 0) is 18.3 Å². The minimum Gasteiger partial charge on any atom is -0.365 e. The summed E-state index contributed by atoms with van der Waals surface area (Å²) in [6.45, 7) is 6.40. The molecule has 5 nitrogen and oxygen atoms in total. The Hall–Kier alpha value is -2.18. The number of primary amides is 1. The molecule has 0 aliphatic heterocycles. The summed E-state index contributed by atoms with van der Waals surface area (Å²) in [6, 6.07) is 7.99. The molecule has 1 aliphatic carbocycles. The topological polar surface area (TPSA) is 84.2 Å². The van der Waals surface area contributed by atoms with E-state index >= 15 is 0 Å². The van der Waals surface area contributed by atoms with E-state index in [-0.39, 0.29) is 11.3 Å². The third-order valence-electron chi connectivity index (χ3n) is 5.16. The SMILES string of the molecule is CNC1CCc2c(sc(NC(=O)c3ccc(C(C)(C)C)cc3)c2C(N)=O)C1. The minimum absolute atomic E-state index is 0.0325. The number of hydrogen-bond donors (Lipinski definition) is 3. The number of fused-ring (bicyclic) bond motifs is 1. The van der Waals surface area contributed by atoms with Crippen LogP contribution >= 0.6 is 11.3 Å². The number of hydrogen-bond acceptors (Lipinski definition) is 4. The third-order valence-corrected chi connectivity index (χ3v) is 6.33. The minimum atomic E-state index is -0.478. The molecule has 0 fully saturated rings. The van der Waals surface area contributed by atoms with Gasteiger partial charge in [0.1, 0.15) is 5.00 Å². The van der Waals surface area contributed by atoms with Gasteiger partial charge in [-0.25, -0.2) is 0 Å². The van der Waals surface area contributed by atoms with E-state index in [9.17, 15) is 9.59 Å². The van der Waals surface area contributed by atoms with Gasteiger partial charge in [0, 0.05) is 16.5 Å². The highest BCUT2D eigenvalue weighted by atomic mass is 32.1. The summed E-state index contributed by atoms with van der Waals surface area (Å²) in [5, 5.41) is 6.77. The van der Waals surface area contributed by atoms with Crippen molar-refractivity contribution in [1.29, 1.82) is 0 Å². The molecule has 0 saturated carbocycles. The van der Waals surface area contributed by atoms with E-state index in [1.54, 1.807) is 0 Å². The average molecular weight is 386 g/mol. The molecule has 6 heteroatoms. The normalized spacial score (nSPS) is 16.7. The molecule has 1 heterocycles. The van der Waals surface area contributed by atoms with Gasteiger partial charge in [-0.3, -0.25) is 9.59 Å². The third kappa shape index (κ3) is 4.06. The molecule has 0 saturated heterocycles. The summed E-state index contributed by atoms with van der Waals surface area (Å²) < 4.78 is 0. The number of carbonyl (C=O) groups is 2. The summed E-state index contributed by atoms with van der Waals surface area (Å²) in [6.07, 6.45) is 2.61. The van der Waals surface area contributed by atoms with Crippen molar-refractivity contribution in [2.24, 2.45) is 5.73 Å². The summed E-state index contributed by atoms with van der Waals surface area (Å²) in [7, 11) is 1.95. The molecular weight excluding hydrogens is 358 g/mol. The first-order chi connectivity index (χ1) is 12.7. The molecule has 2 aromatic rings. The second-order valence-electron chi connectivity index (χ2n) is 8.08. The van der Waals surface area contributed by atoms with Crippen molar-refractivity contribution in [3.05, 3.63) is 51.4 Å². The molecule has 0 spiro atoms. The molecule has 3 rings (SSSR count). The number of carbonyl (C=O) groups excluding carboxylic acids is 2. The van der Waals surface area contributed by atoms with Crippen LogP contribution in [-0.4, -0.2) is 24.9 Å². The highest BCUT2D eigenvalue weighted by molar-refractivity contribution is 7.17. The molecule has 2 amide bonds. The van der Waals surface area contributed by atoms with Gasteiger partial charge in [0.2, 0.25) is 0 Å². The van der Waals surface area contributed by atoms with Gasteiger partial charge in [-0.05, 0) is 55.0 Å². The lowest BCUT2D eigenvalue weighted by molar-refractivity contribution is 0.100. The second kappa shape index (κ2) is 7.44. The van der Waals surface area contributed by atoms with E-state index in [1.807, 2.05) is 31.3 Å². The smallest absolute Gasteiger partial charge is 0.256 e. The Bertz CT molecular complexity index is 863. The first-order valence-electron chi connectivity index (χ1n) is 9.24. The second-order valence-corrected chi connectivity index (χ2v) is 9.19. The van der Waals surface area contributed by atoms with E-state index in [2.05, 4.69) is 31.4 Å². The molecule has 0 radical (unpaired) electrons. The Labute approximate surface area is 164 Å². The van der Waals surface area contributed by atoms with Crippen LogP contribution in [0.3, 0.4) is 0 Å². The van der Waals surface area contributed by atoms with Crippen molar-refractivity contribution >= 4 is 28.2 Å². The Balaban J connectivity index is 1.86. The zero-order valence-electron chi connectivity index (χ0n) is 16.3. The average Bonchev–Trinajstić information content (AvgIpc) is 2.97. The molecule has 1 atom stereocenters. The molecule has 1 aliphatic rings. The molecule has 1 aromatic heterocycles. The first kappa shape index (κ1) is 19.6. The molecule has 1 aromatic carbocycles. The maximum absolute atomic E-state index is 12.7. The number of amides is 2. The molecule has 27 heavy (non-hydrogen) atoms. The van der Waals surface area contributed by atoms with Crippen molar-refractivity contribution < 1.29 is 9.59 Å². The molecule has 1 unspecified atom stereocenters. The van der Waals surface area contributed by atoms with Gasteiger partial charge in [0.05, 0.1) is 5.56 Å². The van der Waals surface area contributed by atoms with E-state index in [0.717, 1.165) is 29.7 Å². The maximum atomic E-state index is 12.7.